The second-order valence-corrected chi connectivity index (χ2v) is 5.30. The van der Waals surface area contributed by atoms with Crippen LogP contribution in [0.3, 0.4) is 0 Å². The zero-order chi connectivity index (χ0) is 14.0. The molecule has 1 nitrogen and oxygen atoms in total. The van der Waals surface area contributed by atoms with Gasteiger partial charge in [-0.05, 0) is 42.0 Å². The molecule has 0 aromatic heterocycles. The molecule has 5 heteroatoms. The van der Waals surface area contributed by atoms with Gasteiger partial charge in [0.2, 0.25) is 0 Å². The number of alkyl halides is 1. The first-order valence-corrected chi connectivity index (χ1v) is 6.67. The van der Waals surface area contributed by atoms with E-state index in [0.29, 0.717) is 21.3 Å². The van der Waals surface area contributed by atoms with Gasteiger partial charge in [-0.1, -0.05) is 15.9 Å². The Morgan fingerprint density at radius 2 is 1.84 bits per heavy atom. The molecule has 0 bridgehead atoms. The average Bonchev–Trinajstić information content (AvgIpc) is 2.36. The minimum Gasteiger partial charge on any atom is -0.496 e. The van der Waals surface area contributed by atoms with Gasteiger partial charge in [0.1, 0.15) is 17.4 Å². The summed E-state index contributed by atoms with van der Waals surface area (Å²) >= 11 is 9.50. The Labute approximate surface area is 123 Å². The Morgan fingerprint density at radius 3 is 2.47 bits per heavy atom. The van der Waals surface area contributed by atoms with Crippen molar-refractivity contribution >= 4 is 27.5 Å². The van der Waals surface area contributed by atoms with Gasteiger partial charge in [0.05, 0.1) is 12.5 Å². The van der Waals surface area contributed by atoms with Gasteiger partial charge in [0.15, 0.2) is 0 Å². The number of rotatable bonds is 3. The smallest absolute Gasteiger partial charge is 0.124 e. The Balaban J connectivity index is 2.48. The van der Waals surface area contributed by atoms with Gasteiger partial charge in [0, 0.05) is 10.0 Å². The first-order valence-electron chi connectivity index (χ1n) is 5.44. The predicted molar refractivity (Wildman–Crippen MR) is 74.7 cm³/mol. The highest BCUT2D eigenvalue weighted by Gasteiger charge is 2.17. The molecule has 100 valence electrons. The largest absolute Gasteiger partial charge is 0.496 e. The fourth-order valence-electron chi connectivity index (χ4n) is 1.80. The molecule has 0 saturated heterocycles. The first-order chi connectivity index (χ1) is 9.01. The van der Waals surface area contributed by atoms with Crippen LogP contribution in [0.1, 0.15) is 16.5 Å². The van der Waals surface area contributed by atoms with E-state index in [1.807, 2.05) is 0 Å². The second-order valence-electron chi connectivity index (χ2n) is 3.95. The molecule has 0 aliphatic rings. The minimum absolute atomic E-state index is 0.412. The SMILES string of the molecule is COc1ccc(F)cc1C(Cl)c1cc(F)cc(Br)c1. The van der Waals surface area contributed by atoms with E-state index in [9.17, 15) is 8.78 Å². The fraction of sp³-hybridized carbons (Fsp3) is 0.143. The molecule has 2 rings (SSSR count). The highest BCUT2D eigenvalue weighted by Crippen LogP contribution is 2.36. The normalized spacial score (nSPS) is 12.3. The van der Waals surface area contributed by atoms with E-state index in [1.165, 1.54) is 37.4 Å². The first kappa shape index (κ1) is 14.3. The number of hydrogen-bond donors (Lipinski definition) is 0. The molecular formula is C14H10BrClF2O. The van der Waals surface area contributed by atoms with Crippen LogP contribution in [0.5, 0.6) is 5.75 Å². The van der Waals surface area contributed by atoms with Crippen LogP contribution >= 0.6 is 27.5 Å². The molecule has 0 aliphatic carbocycles. The number of hydrogen-bond acceptors (Lipinski definition) is 1. The Bertz CT molecular complexity index is 584. The van der Waals surface area contributed by atoms with E-state index in [2.05, 4.69) is 15.9 Å². The fourth-order valence-corrected chi connectivity index (χ4v) is 2.58. The van der Waals surface area contributed by atoms with E-state index in [0.717, 1.165) is 0 Å². The Morgan fingerprint density at radius 1 is 1.11 bits per heavy atom. The van der Waals surface area contributed by atoms with Crippen molar-refractivity contribution < 1.29 is 13.5 Å². The Kier molecular flexibility index (Phi) is 4.42. The summed E-state index contributed by atoms with van der Waals surface area (Å²) in [4.78, 5) is 0. The highest BCUT2D eigenvalue weighted by molar-refractivity contribution is 9.10. The van der Waals surface area contributed by atoms with Crippen LogP contribution in [0.2, 0.25) is 0 Å². The topological polar surface area (TPSA) is 9.23 Å². The number of benzene rings is 2. The zero-order valence-corrected chi connectivity index (χ0v) is 12.3. The Hall–Kier alpha value is -1.13. The highest BCUT2D eigenvalue weighted by atomic mass is 79.9. The van der Waals surface area contributed by atoms with Gasteiger partial charge in [-0.15, -0.1) is 11.6 Å². The van der Waals surface area contributed by atoms with Gasteiger partial charge in [-0.25, -0.2) is 8.78 Å². The summed E-state index contributed by atoms with van der Waals surface area (Å²) in [5, 5.41) is -0.697. The van der Waals surface area contributed by atoms with Gasteiger partial charge in [-0.3, -0.25) is 0 Å². The predicted octanol–water partition coefficient (Wildman–Crippen LogP) is 5.06. The average molecular weight is 348 g/mol. The maximum atomic E-state index is 13.4. The van der Waals surface area contributed by atoms with Crippen LogP contribution < -0.4 is 4.74 Å². The number of methoxy groups -OCH3 is 1. The maximum absolute atomic E-state index is 13.4. The van der Waals surface area contributed by atoms with Crippen LogP contribution in [0.15, 0.2) is 40.9 Å². The monoisotopic (exact) mass is 346 g/mol. The molecule has 19 heavy (non-hydrogen) atoms. The van der Waals surface area contributed by atoms with E-state index < -0.39 is 17.0 Å². The summed E-state index contributed by atoms with van der Waals surface area (Å²) in [5.74, 6) is -0.371. The molecule has 0 amide bonds. The summed E-state index contributed by atoms with van der Waals surface area (Å²) in [6, 6.07) is 8.39. The van der Waals surface area contributed by atoms with E-state index in [4.69, 9.17) is 16.3 Å². The van der Waals surface area contributed by atoms with Crippen LogP contribution in [0.4, 0.5) is 8.78 Å². The lowest BCUT2D eigenvalue weighted by atomic mass is 10.0. The van der Waals surface area contributed by atoms with E-state index >= 15 is 0 Å². The van der Waals surface area contributed by atoms with Crippen molar-refractivity contribution in [3.63, 3.8) is 0 Å². The van der Waals surface area contributed by atoms with Gasteiger partial charge in [0.25, 0.3) is 0 Å². The summed E-state index contributed by atoms with van der Waals surface area (Å²) in [6.45, 7) is 0. The van der Waals surface area contributed by atoms with Crippen LogP contribution in [0, 0.1) is 11.6 Å². The molecule has 0 spiro atoms. The van der Waals surface area contributed by atoms with Crippen molar-refractivity contribution in [3.8, 4) is 5.75 Å². The zero-order valence-electron chi connectivity index (χ0n) is 9.96. The second kappa shape index (κ2) is 5.88. The van der Waals surface area contributed by atoms with Crippen molar-refractivity contribution in [2.75, 3.05) is 7.11 Å². The minimum atomic E-state index is -0.697. The van der Waals surface area contributed by atoms with Crippen molar-refractivity contribution in [3.05, 3.63) is 63.6 Å². The van der Waals surface area contributed by atoms with Gasteiger partial charge >= 0.3 is 0 Å². The van der Waals surface area contributed by atoms with Crippen LogP contribution in [0.25, 0.3) is 0 Å². The lowest BCUT2D eigenvalue weighted by Gasteiger charge is -2.15. The molecule has 2 aromatic rings. The molecule has 0 aliphatic heterocycles. The summed E-state index contributed by atoms with van der Waals surface area (Å²) in [5.41, 5.74) is 0.985. The van der Waals surface area contributed by atoms with Crippen molar-refractivity contribution in [1.29, 1.82) is 0 Å². The van der Waals surface area contributed by atoms with Crippen molar-refractivity contribution in [2.45, 2.75) is 5.38 Å². The summed E-state index contributed by atoms with van der Waals surface area (Å²) in [6.07, 6.45) is 0. The quantitative estimate of drug-likeness (QED) is 0.705. The third kappa shape index (κ3) is 3.25. The standard InChI is InChI=1S/C14H10BrClF2O/c1-19-13-3-2-10(17)7-12(13)14(16)8-4-9(15)6-11(18)5-8/h2-7,14H,1H3. The summed E-state index contributed by atoms with van der Waals surface area (Å²) in [7, 11) is 1.47. The van der Waals surface area contributed by atoms with Crippen molar-refractivity contribution in [2.24, 2.45) is 0 Å². The molecule has 0 saturated carbocycles. The number of ether oxygens (including phenoxy) is 1. The molecule has 1 unspecified atom stereocenters. The lowest BCUT2D eigenvalue weighted by Crippen LogP contribution is -1.99. The molecule has 0 N–H and O–H groups in total. The van der Waals surface area contributed by atoms with Gasteiger partial charge in [-0.2, -0.15) is 0 Å². The van der Waals surface area contributed by atoms with E-state index in [1.54, 1.807) is 6.07 Å². The molecule has 2 aromatic carbocycles. The van der Waals surface area contributed by atoms with Gasteiger partial charge < -0.3 is 4.74 Å². The lowest BCUT2D eigenvalue weighted by molar-refractivity contribution is 0.409. The summed E-state index contributed by atoms with van der Waals surface area (Å²) < 4.78 is 32.4. The maximum Gasteiger partial charge on any atom is 0.124 e. The third-order valence-corrected chi connectivity index (χ3v) is 3.59. The molecule has 0 fully saturated rings. The molecule has 0 heterocycles. The molecule has 0 radical (unpaired) electrons. The molecule has 1 atom stereocenters. The third-order valence-electron chi connectivity index (χ3n) is 2.64. The number of halogens is 4. The van der Waals surface area contributed by atoms with Crippen LogP contribution in [-0.2, 0) is 0 Å². The van der Waals surface area contributed by atoms with Crippen molar-refractivity contribution in [1.82, 2.24) is 0 Å². The van der Waals surface area contributed by atoms with E-state index in [-0.39, 0.29) is 0 Å². The van der Waals surface area contributed by atoms with Crippen LogP contribution in [-0.4, -0.2) is 7.11 Å². The molecular weight excluding hydrogens is 338 g/mol.